The van der Waals surface area contributed by atoms with Gasteiger partial charge in [-0.15, -0.1) is 0 Å². The van der Waals surface area contributed by atoms with E-state index in [1.807, 2.05) is 26.0 Å². The summed E-state index contributed by atoms with van der Waals surface area (Å²) in [6.07, 6.45) is 1.17. The van der Waals surface area contributed by atoms with E-state index in [4.69, 9.17) is 4.98 Å². The third kappa shape index (κ3) is 6.33. The molecule has 1 aromatic heterocycles. The molecular formula is C32H41N5O2S. The molecule has 1 heterocycles. The molecule has 40 heavy (non-hydrogen) atoms. The predicted molar refractivity (Wildman–Crippen MR) is 170 cm³/mol. The first-order valence-electron chi connectivity index (χ1n) is 14.0. The van der Waals surface area contributed by atoms with E-state index in [2.05, 4.69) is 95.7 Å². The average Bonchev–Trinajstić information content (AvgIpc) is 3.38. The number of hydrogen-bond donors (Lipinski definition) is 2. The molecule has 0 atom stereocenters. The van der Waals surface area contributed by atoms with Crippen molar-refractivity contribution in [1.82, 2.24) is 9.97 Å². The zero-order chi connectivity index (χ0) is 29.0. The largest absolute Gasteiger partial charge is 0.372 e. The molecule has 0 radical (unpaired) electrons. The molecule has 0 bridgehead atoms. The number of rotatable bonds is 11. The fourth-order valence-corrected chi connectivity index (χ4v) is 5.91. The van der Waals surface area contributed by atoms with E-state index < -0.39 is 10.0 Å². The summed E-state index contributed by atoms with van der Waals surface area (Å²) < 4.78 is 26.4. The highest BCUT2D eigenvalue weighted by Crippen LogP contribution is 2.36. The van der Waals surface area contributed by atoms with E-state index in [0.29, 0.717) is 5.69 Å². The molecule has 0 amide bonds. The topological polar surface area (TPSA) is 81.3 Å². The van der Waals surface area contributed by atoms with Crippen LogP contribution in [0.3, 0.4) is 0 Å². The van der Waals surface area contributed by atoms with Crippen molar-refractivity contribution in [2.45, 2.75) is 41.5 Å². The van der Waals surface area contributed by atoms with Gasteiger partial charge in [0.1, 0.15) is 5.82 Å². The maximum atomic E-state index is 11.9. The molecular weight excluding hydrogens is 518 g/mol. The molecule has 0 aliphatic carbocycles. The van der Waals surface area contributed by atoms with Gasteiger partial charge >= 0.3 is 0 Å². The first kappa shape index (κ1) is 29.2. The Bertz CT molecular complexity index is 1450. The summed E-state index contributed by atoms with van der Waals surface area (Å²) in [5, 5.41) is 0. The molecule has 212 valence electrons. The first-order chi connectivity index (χ1) is 19.1. The van der Waals surface area contributed by atoms with E-state index in [1.165, 1.54) is 17.6 Å². The third-order valence-corrected chi connectivity index (χ3v) is 7.93. The van der Waals surface area contributed by atoms with Gasteiger partial charge in [-0.3, -0.25) is 4.72 Å². The molecule has 8 heteroatoms. The van der Waals surface area contributed by atoms with Crippen molar-refractivity contribution in [3.63, 3.8) is 0 Å². The van der Waals surface area contributed by atoms with Gasteiger partial charge in [-0.1, -0.05) is 24.3 Å². The average molecular weight is 560 g/mol. The number of sulfonamides is 1. The molecule has 0 aliphatic heterocycles. The summed E-state index contributed by atoms with van der Waals surface area (Å²) in [6, 6.07) is 21.1. The second kappa shape index (κ2) is 12.2. The second-order valence-corrected chi connectivity index (χ2v) is 11.9. The number of aryl methyl sites for hydroxylation is 2. The Labute approximate surface area is 239 Å². The molecule has 4 rings (SSSR count). The quantitative estimate of drug-likeness (QED) is 0.205. The maximum absolute atomic E-state index is 11.9. The molecule has 7 nitrogen and oxygen atoms in total. The van der Waals surface area contributed by atoms with Gasteiger partial charge in [0.15, 0.2) is 0 Å². The highest BCUT2D eigenvalue weighted by molar-refractivity contribution is 7.92. The van der Waals surface area contributed by atoms with Crippen LogP contribution in [0.5, 0.6) is 0 Å². The summed E-state index contributed by atoms with van der Waals surface area (Å²) in [5.74, 6) is 0.739. The minimum atomic E-state index is -3.38. The smallest absolute Gasteiger partial charge is 0.229 e. The fourth-order valence-electron chi connectivity index (χ4n) is 5.22. The fraction of sp³-hybridized carbons (Fsp3) is 0.344. The van der Waals surface area contributed by atoms with Gasteiger partial charge < -0.3 is 14.8 Å². The van der Waals surface area contributed by atoms with Crippen LogP contribution in [-0.4, -0.2) is 50.8 Å². The van der Waals surface area contributed by atoms with E-state index in [-0.39, 0.29) is 0 Å². The zero-order valence-electron chi connectivity index (χ0n) is 24.7. The Balaban J connectivity index is 1.82. The lowest BCUT2D eigenvalue weighted by Gasteiger charge is -2.21. The summed E-state index contributed by atoms with van der Waals surface area (Å²) in [4.78, 5) is 13.3. The van der Waals surface area contributed by atoms with Crippen molar-refractivity contribution in [3.8, 4) is 33.9 Å². The molecule has 0 saturated heterocycles. The van der Waals surface area contributed by atoms with Crippen molar-refractivity contribution in [3.05, 3.63) is 71.8 Å². The monoisotopic (exact) mass is 559 g/mol. The van der Waals surface area contributed by atoms with Crippen LogP contribution in [0.4, 0.5) is 17.1 Å². The van der Waals surface area contributed by atoms with Crippen LogP contribution in [0, 0.1) is 13.8 Å². The number of hydrogen-bond acceptors (Lipinski definition) is 5. The summed E-state index contributed by atoms with van der Waals surface area (Å²) in [6.45, 7) is 16.3. The SMILES string of the molecule is CCN(CC)c1ccc(-c2nc(-c3cc(C)c(NS(C)(=O)=O)c(C)c3)[nH]c2-c2ccc(N(CC)CC)cc2)cc1. The number of aromatic nitrogens is 2. The van der Waals surface area contributed by atoms with Crippen LogP contribution in [0.15, 0.2) is 60.7 Å². The van der Waals surface area contributed by atoms with E-state index >= 15 is 0 Å². The minimum Gasteiger partial charge on any atom is -0.372 e. The summed E-state index contributed by atoms with van der Waals surface area (Å²) in [7, 11) is -3.38. The molecule has 0 saturated carbocycles. The number of aromatic amines is 1. The molecule has 3 aromatic carbocycles. The lowest BCUT2D eigenvalue weighted by atomic mass is 10.0. The highest BCUT2D eigenvalue weighted by Gasteiger charge is 2.18. The van der Waals surface area contributed by atoms with E-state index in [1.54, 1.807) is 0 Å². The Hall–Kier alpha value is -3.78. The van der Waals surface area contributed by atoms with Crippen molar-refractivity contribution in [2.24, 2.45) is 0 Å². The van der Waals surface area contributed by atoms with Gasteiger partial charge in [0.2, 0.25) is 10.0 Å². The van der Waals surface area contributed by atoms with Crippen molar-refractivity contribution < 1.29 is 8.42 Å². The first-order valence-corrected chi connectivity index (χ1v) is 15.9. The molecule has 0 unspecified atom stereocenters. The minimum absolute atomic E-state index is 0.609. The van der Waals surface area contributed by atoms with Crippen LogP contribution >= 0.6 is 0 Å². The van der Waals surface area contributed by atoms with Gasteiger partial charge in [0, 0.05) is 54.2 Å². The Morgan fingerprint density at radius 3 is 1.60 bits per heavy atom. The normalized spacial score (nSPS) is 11.5. The summed E-state index contributed by atoms with van der Waals surface area (Å²) >= 11 is 0. The molecule has 0 spiro atoms. The molecule has 4 aromatic rings. The van der Waals surface area contributed by atoms with Gasteiger partial charge in [-0.05, 0) is 89.1 Å². The highest BCUT2D eigenvalue weighted by atomic mass is 32.2. The van der Waals surface area contributed by atoms with Crippen LogP contribution in [0.25, 0.3) is 33.9 Å². The number of nitrogens with zero attached hydrogens (tertiary/aromatic N) is 3. The third-order valence-electron chi connectivity index (χ3n) is 7.35. The molecule has 0 aliphatic rings. The van der Waals surface area contributed by atoms with Gasteiger partial charge in [-0.25, -0.2) is 13.4 Å². The maximum Gasteiger partial charge on any atom is 0.229 e. The lowest BCUT2D eigenvalue weighted by Crippen LogP contribution is -2.21. The lowest BCUT2D eigenvalue weighted by molar-refractivity contribution is 0.606. The van der Waals surface area contributed by atoms with Crippen molar-refractivity contribution in [2.75, 3.05) is 47.0 Å². The Morgan fingerprint density at radius 2 is 1.18 bits per heavy atom. The van der Waals surface area contributed by atoms with Crippen LogP contribution in [-0.2, 0) is 10.0 Å². The molecule has 2 N–H and O–H groups in total. The number of H-pyrrole nitrogens is 1. The van der Waals surface area contributed by atoms with Gasteiger partial charge in [0.25, 0.3) is 0 Å². The van der Waals surface area contributed by atoms with Gasteiger partial charge in [0.05, 0.1) is 23.3 Å². The van der Waals surface area contributed by atoms with E-state index in [0.717, 1.165) is 71.2 Å². The number of benzene rings is 3. The zero-order valence-corrected chi connectivity index (χ0v) is 25.5. The van der Waals surface area contributed by atoms with Crippen LogP contribution in [0.2, 0.25) is 0 Å². The summed E-state index contributed by atoms with van der Waals surface area (Å²) in [5.41, 5.74) is 9.49. The molecule has 0 fully saturated rings. The standard InChI is InChI=1S/C32H41N5O2S/c1-8-36(9-2)27-16-12-24(13-17-27)30-31(25-14-18-28(19-15-25)37(10-3)11-4)34-32(33-30)26-20-22(5)29(23(6)21-26)35-40(7,38)39/h12-21,35H,8-11H2,1-7H3,(H,33,34). The second-order valence-electron chi connectivity index (χ2n) is 10.1. The number of imidazole rings is 1. The predicted octanol–water partition coefficient (Wildman–Crippen LogP) is 7.09. The van der Waals surface area contributed by atoms with Crippen molar-refractivity contribution >= 4 is 27.1 Å². The van der Waals surface area contributed by atoms with Crippen LogP contribution < -0.4 is 14.5 Å². The van der Waals surface area contributed by atoms with Gasteiger partial charge in [-0.2, -0.15) is 0 Å². The Kier molecular flexibility index (Phi) is 8.88. The number of anilines is 3. The number of nitrogens with one attached hydrogen (secondary N) is 2. The van der Waals surface area contributed by atoms with E-state index in [9.17, 15) is 8.42 Å². The Morgan fingerprint density at radius 1 is 0.725 bits per heavy atom. The van der Waals surface area contributed by atoms with Crippen LogP contribution in [0.1, 0.15) is 38.8 Å². The van der Waals surface area contributed by atoms with Crippen molar-refractivity contribution in [1.29, 1.82) is 0 Å².